The van der Waals surface area contributed by atoms with Gasteiger partial charge in [-0.1, -0.05) is 18.2 Å². The lowest BCUT2D eigenvalue weighted by Crippen LogP contribution is -2.45. The maximum Gasteiger partial charge on any atom is 0.344 e. The van der Waals surface area contributed by atoms with Gasteiger partial charge in [0, 0.05) is 17.7 Å². The molecule has 2 aromatic carbocycles. The van der Waals surface area contributed by atoms with Gasteiger partial charge in [0.05, 0.1) is 0 Å². The van der Waals surface area contributed by atoms with Crippen molar-refractivity contribution in [3.63, 3.8) is 0 Å². The molecule has 0 radical (unpaired) electrons. The molecule has 3 nitrogen and oxygen atoms in total. The summed E-state index contributed by atoms with van der Waals surface area (Å²) in [6.45, 7) is 2.15. The highest BCUT2D eigenvalue weighted by atomic mass is 32.2. The van der Waals surface area contributed by atoms with E-state index < -0.39 is 0 Å². The van der Waals surface area contributed by atoms with Crippen LogP contribution >= 0.6 is 0 Å². The lowest BCUT2D eigenvalue weighted by molar-refractivity contribution is -0.173. The quantitative estimate of drug-likeness (QED) is 0.405. The Labute approximate surface area is 170 Å². The third kappa shape index (κ3) is 3.32. The summed E-state index contributed by atoms with van der Waals surface area (Å²) in [5.74, 6) is 3.25. The van der Waals surface area contributed by atoms with Crippen molar-refractivity contribution in [1.29, 1.82) is 0 Å². The summed E-state index contributed by atoms with van der Waals surface area (Å²) >= 11 is 1.17. The fourth-order valence-electron chi connectivity index (χ4n) is 5.87. The number of hydrogen-bond donors (Lipinski definition) is 0. The molecule has 0 aliphatic heterocycles. The van der Waals surface area contributed by atoms with Crippen molar-refractivity contribution in [2.75, 3.05) is 6.61 Å². The molecule has 0 aromatic heterocycles. The van der Waals surface area contributed by atoms with Gasteiger partial charge in [-0.15, -0.1) is 0 Å². The molecular formula is C24H27O3S+. The van der Waals surface area contributed by atoms with E-state index in [1.54, 1.807) is 0 Å². The molecule has 0 N–H and O–H groups in total. The Kier molecular flexibility index (Phi) is 4.62. The summed E-state index contributed by atoms with van der Waals surface area (Å²) in [5.41, 5.74) is -0.267. The first-order valence-corrected chi connectivity index (χ1v) is 11.2. The Hall–Kier alpha value is -1.94. The van der Waals surface area contributed by atoms with Crippen LogP contribution in [0.2, 0.25) is 0 Å². The molecule has 4 heteroatoms. The van der Waals surface area contributed by atoms with Crippen LogP contribution < -0.4 is 4.74 Å². The van der Waals surface area contributed by atoms with Crippen LogP contribution in [0.25, 0.3) is 0 Å². The average Bonchev–Trinajstić information content (AvgIpc) is 3.10. The zero-order valence-corrected chi connectivity index (χ0v) is 17.1. The third-order valence-electron chi connectivity index (χ3n) is 7.09. The second-order valence-electron chi connectivity index (χ2n) is 8.76. The maximum absolute atomic E-state index is 12.5. The monoisotopic (exact) mass is 395 g/mol. The van der Waals surface area contributed by atoms with Crippen LogP contribution in [0, 0.1) is 23.7 Å². The summed E-state index contributed by atoms with van der Waals surface area (Å²) in [4.78, 5) is 14.9. The van der Waals surface area contributed by atoms with E-state index in [1.807, 2.05) is 42.5 Å². The minimum atomic E-state index is -0.267. The fourth-order valence-corrected chi connectivity index (χ4v) is 6.79. The van der Waals surface area contributed by atoms with Gasteiger partial charge >= 0.3 is 5.97 Å². The molecule has 5 atom stereocenters. The predicted octanol–water partition coefficient (Wildman–Crippen LogP) is 4.67. The number of rotatable bonds is 6. The van der Waals surface area contributed by atoms with Crippen LogP contribution in [0.5, 0.6) is 5.75 Å². The summed E-state index contributed by atoms with van der Waals surface area (Å²) in [6.07, 6.45) is 5.07. The number of thiol groups is 1. The lowest BCUT2D eigenvalue weighted by atomic mass is 9.73. The second-order valence-corrected chi connectivity index (χ2v) is 10.0. The SMILES string of the molecule is CC1(OC(=O)COc2ccc([SH+]c3ccccc3)cc2)C2CC3CC(C2)C1C3. The smallest absolute Gasteiger partial charge is 0.344 e. The van der Waals surface area contributed by atoms with Gasteiger partial charge < -0.3 is 9.47 Å². The first-order valence-electron chi connectivity index (χ1n) is 10.3. The van der Waals surface area contributed by atoms with E-state index in [0.717, 1.165) is 11.8 Å². The number of carbonyl (C=O) groups is 1. The summed E-state index contributed by atoms with van der Waals surface area (Å²) in [5, 5.41) is 0. The molecule has 146 valence electrons. The molecule has 4 aliphatic carbocycles. The Morgan fingerprint density at radius 3 is 2.50 bits per heavy atom. The van der Waals surface area contributed by atoms with Crippen molar-refractivity contribution in [2.45, 2.75) is 48.0 Å². The van der Waals surface area contributed by atoms with Gasteiger partial charge in [-0.2, -0.15) is 0 Å². The van der Waals surface area contributed by atoms with Gasteiger partial charge in [-0.3, -0.25) is 0 Å². The van der Waals surface area contributed by atoms with Gasteiger partial charge in [0.15, 0.2) is 16.4 Å². The molecule has 4 fully saturated rings. The molecular weight excluding hydrogens is 368 g/mol. The molecule has 5 unspecified atom stereocenters. The molecule has 4 bridgehead atoms. The Bertz CT molecular complexity index is 846. The third-order valence-corrected chi connectivity index (χ3v) is 8.20. The molecule has 28 heavy (non-hydrogen) atoms. The Balaban J connectivity index is 1.15. The van der Waals surface area contributed by atoms with Gasteiger partial charge in [0.2, 0.25) is 0 Å². The average molecular weight is 396 g/mol. The van der Waals surface area contributed by atoms with Crippen molar-refractivity contribution in [3.8, 4) is 5.75 Å². The van der Waals surface area contributed by atoms with Crippen molar-refractivity contribution >= 4 is 17.7 Å². The van der Waals surface area contributed by atoms with Gasteiger partial charge in [-0.25, -0.2) is 4.79 Å². The predicted molar refractivity (Wildman–Crippen MR) is 111 cm³/mol. The van der Waals surface area contributed by atoms with Crippen molar-refractivity contribution < 1.29 is 14.3 Å². The van der Waals surface area contributed by atoms with E-state index in [9.17, 15) is 4.79 Å². The van der Waals surface area contributed by atoms with E-state index in [1.165, 1.54) is 47.2 Å². The number of hydrogen-bond acceptors (Lipinski definition) is 3. The normalized spacial score (nSPS) is 32.5. The van der Waals surface area contributed by atoms with Crippen LogP contribution in [0.4, 0.5) is 0 Å². The maximum atomic E-state index is 12.5. The molecule has 6 rings (SSSR count). The van der Waals surface area contributed by atoms with Crippen LogP contribution in [0.15, 0.2) is 64.4 Å². The molecule has 0 saturated heterocycles. The number of benzene rings is 2. The summed E-state index contributed by atoms with van der Waals surface area (Å²) in [6, 6.07) is 18.3. The standard InChI is InChI=1S/C24H26O3S/c1-24(18-12-16-11-17(14-18)22(24)13-16)27-23(25)15-26-19-7-9-21(10-8-19)28-20-5-3-2-4-6-20/h2-10,16-18,22H,11-15H2,1H3/p+1. The zero-order valence-electron chi connectivity index (χ0n) is 16.2. The first kappa shape index (κ1) is 18.1. The fraction of sp³-hybridized carbons (Fsp3) is 0.458. The highest BCUT2D eigenvalue weighted by molar-refractivity contribution is 7.78. The summed E-state index contributed by atoms with van der Waals surface area (Å²) < 4.78 is 11.7. The molecule has 0 heterocycles. The van der Waals surface area contributed by atoms with E-state index >= 15 is 0 Å². The molecule has 4 aliphatic rings. The molecule has 4 saturated carbocycles. The minimum Gasteiger partial charge on any atom is -0.482 e. The number of ether oxygens (including phenoxy) is 2. The van der Waals surface area contributed by atoms with Crippen molar-refractivity contribution in [3.05, 3.63) is 54.6 Å². The number of esters is 1. The molecule has 0 amide bonds. The first-order chi connectivity index (χ1) is 13.6. The van der Waals surface area contributed by atoms with Crippen molar-refractivity contribution in [2.24, 2.45) is 23.7 Å². The largest absolute Gasteiger partial charge is 0.482 e. The van der Waals surface area contributed by atoms with E-state index in [4.69, 9.17) is 9.47 Å². The molecule has 2 aromatic rings. The topological polar surface area (TPSA) is 35.5 Å². The van der Waals surface area contributed by atoms with E-state index in [0.29, 0.717) is 17.6 Å². The second kappa shape index (κ2) is 7.14. The highest BCUT2D eigenvalue weighted by Gasteiger charge is 2.62. The minimum absolute atomic E-state index is 0.0150. The highest BCUT2D eigenvalue weighted by Crippen LogP contribution is 2.63. The van der Waals surface area contributed by atoms with Gasteiger partial charge in [-0.05, 0) is 86.8 Å². The van der Waals surface area contributed by atoms with Crippen LogP contribution in [-0.2, 0) is 21.3 Å². The Morgan fingerprint density at radius 2 is 1.75 bits per heavy atom. The number of carbonyl (C=O) groups excluding carboxylic acids is 1. The summed E-state index contributed by atoms with van der Waals surface area (Å²) in [7, 11) is 0. The van der Waals surface area contributed by atoms with Crippen molar-refractivity contribution in [1.82, 2.24) is 0 Å². The van der Waals surface area contributed by atoms with Crippen LogP contribution in [-0.4, -0.2) is 18.2 Å². The van der Waals surface area contributed by atoms with Crippen LogP contribution in [0.3, 0.4) is 0 Å². The zero-order chi connectivity index (χ0) is 19.1. The lowest BCUT2D eigenvalue weighted by Gasteiger charge is -2.41. The van der Waals surface area contributed by atoms with Crippen LogP contribution in [0.1, 0.15) is 32.6 Å². The van der Waals surface area contributed by atoms with Gasteiger partial charge in [0.1, 0.15) is 11.4 Å². The Morgan fingerprint density at radius 1 is 1.00 bits per heavy atom. The van der Waals surface area contributed by atoms with E-state index in [2.05, 4.69) is 19.1 Å². The molecule has 0 spiro atoms. The van der Waals surface area contributed by atoms with E-state index in [-0.39, 0.29) is 18.2 Å². The van der Waals surface area contributed by atoms with Gasteiger partial charge in [0.25, 0.3) is 0 Å².